The van der Waals surface area contributed by atoms with Crippen molar-refractivity contribution in [3.8, 4) is 11.1 Å². The van der Waals surface area contributed by atoms with Crippen LogP contribution in [0, 0.1) is 12.7 Å². The number of carboxylic acids is 1. The van der Waals surface area contributed by atoms with Crippen LogP contribution in [0.5, 0.6) is 0 Å². The Bertz CT molecular complexity index is 581. The lowest BCUT2D eigenvalue weighted by atomic mass is 10.0. The Morgan fingerprint density at radius 2 is 2.06 bits per heavy atom. The summed E-state index contributed by atoms with van der Waals surface area (Å²) in [5.41, 5.74) is 1.89. The van der Waals surface area contributed by atoms with E-state index in [1.807, 2.05) is 6.92 Å². The third kappa shape index (κ3) is 2.15. The predicted molar refractivity (Wildman–Crippen MR) is 61.3 cm³/mol. The Morgan fingerprint density at radius 1 is 1.29 bits per heavy atom. The molecular weight excluding hydrogens is 221 g/mol. The summed E-state index contributed by atoms with van der Waals surface area (Å²) in [6.07, 6.45) is 3.22. The van der Waals surface area contributed by atoms with E-state index in [0.29, 0.717) is 5.56 Å². The molecule has 2 rings (SSSR count). The summed E-state index contributed by atoms with van der Waals surface area (Å²) in [5, 5.41) is 8.75. The van der Waals surface area contributed by atoms with Crippen molar-refractivity contribution in [2.24, 2.45) is 0 Å². The molecule has 0 spiro atoms. The zero-order chi connectivity index (χ0) is 12.4. The number of halogens is 1. The number of pyridine rings is 1. The van der Waals surface area contributed by atoms with E-state index in [2.05, 4.69) is 4.98 Å². The summed E-state index contributed by atoms with van der Waals surface area (Å²) in [6, 6.07) is 5.59. The first kappa shape index (κ1) is 11.3. The molecule has 1 aromatic heterocycles. The fourth-order valence-corrected chi connectivity index (χ4v) is 1.64. The zero-order valence-corrected chi connectivity index (χ0v) is 9.14. The summed E-state index contributed by atoms with van der Waals surface area (Å²) in [4.78, 5) is 14.6. The van der Waals surface area contributed by atoms with Gasteiger partial charge < -0.3 is 5.11 Å². The second-order valence-electron chi connectivity index (χ2n) is 3.69. The van der Waals surface area contributed by atoms with Crippen molar-refractivity contribution >= 4 is 5.97 Å². The third-order valence-electron chi connectivity index (χ3n) is 2.53. The molecule has 86 valence electrons. The molecule has 1 aromatic carbocycles. The summed E-state index contributed by atoms with van der Waals surface area (Å²) in [5.74, 6) is -1.68. The first-order valence-corrected chi connectivity index (χ1v) is 5.03. The first-order chi connectivity index (χ1) is 8.09. The fourth-order valence-electron chi connectivity index (χ4n) is 1.64. The van der Waals surface area contributed by atoms with Gasteiger partial charge in [0.1, 0.15) is 5.82 Å². The van der Waals surface area contributed by atoms with Gasteiger partial charge in [-0.2, -0.15) is 0 Å². The van der Waals surface area contributed by atoms with Crippen LogP contribution in [0.25, 0.3) is 11.1 Å². The van der Waals surface area contributed by atoms with Crippen LogP contribution in [0.2, 0.25) is 0 Å². The van der Waals surface area contributed by atoms with E-state index in [1.165, 1.54) is 12.1 Å². The molecule has 1 heterocycles. The molecule has 17 heavy (non-hydrogen) atoms. The van der Waals surface area contributed by atoms with Crippen LogP contribution in [-0.2, 0) is 0 Å². The van der Waals surface area contributed by atoms with E-state index in [0.717, 1.165) is 17.2 Å². The van der Waals surface area contributed by atoms with Gasteiger partial charge in [0.25, 0.3) is 0 Å². The predicted octanol–water partition coefficient (Wildman–Crippen LogP) is 2.89. The number of nitrogens with zero attached hydrogens (tertiary/aromatic N) is 1. The van der Waals surface area contributed by atoms with Gasteiger partial charge in [0, 0.05) is 18.0 Å². The van der Waals surface area contributed by atoms with Crippen LogP contribution in [0.3, 0.4) is 0 Å². The number of hydrogen-bond donors (Lipinski definition) is 1. The minimum Gasteiger partial charge on any atom is -0.478 e. The van der Waals surface area contributed by atoms with Gasteiger partial charge in [-0.05, 0) is 36.2 Å². The second-order valence-corrected chi connectivity index (χ2v) is 3.69. The summed E-state index contributed by atoms with van der Waals surface area (Å²) in [6.45, 7) is 1.83. The molecule has 0 amide bonds. The maximum Gasteiger partial charge on any atom is 0.335 e. The average Bonchev–Trinajstić information content (AvgIpc) is 2.30. The van der Waals surface area contributed by atoms with Crippen LogP contribution in [0.1, 0.15) is 15.9 Å². The molecule has 0 radical (unpaired) electrons. The van der Waals surface area contributed by atoms with Gasteiger partial charge in [0.15, 0.2) is 0 Å². The van der Waals surface area contributed by atoms with Gasteiger partial charge in [-0.15, -0.1) is 0 Å². The number of carboxylic acid groups (broad SMARTS) is 1. The van der Waals surface area contributed by atoms with Crippen molar-refractivity contribution in [3.05, 3.63) is 53.6 Å². The topological polar surface area (TPSA) is 50.2 Å². The quantitative estimate of drug-likeness (QED) is 0.864. The van der Waals surface area contributed by atoms with Crippen molar-refractivity contribution in [2.45, 2.75) is 6.92 Å². The van der Waals surface area contributed by atoms with E-state index < -0.39 is 11.8 Å². The highest BCUT2D eigenvalue weighted by Gasteiger charge is 2.11. The fraction of sp³-hybridized carbons (Fsp3) is 0.0769. The molecule has 1 N–H and O–H groups in total. The highest BCUT2D eigenvalue weighted by atomic mass is 19.1. The minimum atomic E-state index is -1.14. The highest BCUT2D eigenvalue weighted by molar-refractivity contribution is 5.88. The molecule has 0 atom stereocenters. The Balaban J connectivity index is 2.55. The minimum absolute atomic E-state index is 0.0574. The van der Waals surface area contributed by atoms with E-state index >= 15 is 0 Å². The maximum absolute atomic E-state index is 13.8. The van der Waals surface area contributed by atoms with Crippen molar-refractivity contribution in [2.75, 3.05) is 0 Å². The van der Waals surface area contributed by atoms with Crippen LogP contribution >= 0.6 is 0 Å². The number of aromatic nitrogens is 1. The van der Waals surface area contributed by atoms with Crippen molar-refractivity contribution in [3.63, 3.8) is 0 Å². The molecule has 0 bridgehead atoms. The Morgan fingerprint density at radius 3 is 2.65 bits per heavy atom. The molecule has 0 aliphatic rings. The molecule has 0 aliphatic heterocycles. The van der Waals surface area contributed by atoms with Crippen LogP contribution in [0.15, 0.2) is 36.7 Å². The van der Waals surface area contributed by atoms with Gasteiger partial charge in [-0.3, -0.25) is 4.98 Å². The second kappa shape index (κ2) is 4.33. The van der Waals surface area contributed by atoms with Crippen LogP contribution < -0.4 is 0 Å². The number of rotatable bonds is 2. The van der Waals surface area contributed by atoms with Crippen molar-refractivity contribution in [1.29, 1.82) is 0 Å². The monoisotopic (exact) mass is 231 g/mol. The molecule has 0 saturated carbocycles. The summed E-state index contributed by atoms with van der Waals surface area (Å²) in [7, 11) is 0. The van der Waals surface area contributed by atoms with E-state index in [9.17, 15) is 9.18 Å². The van der Waals surface area contributed by atoms with Gasteiger partial charge in [-0.25, -0.2) is 9.18 Å². The lowest BCUT2D eigenvalue weighted by molar-refractivity contribution is 0.0696. The number of carbonyl (C=O) groups is 1. The Labute approximate surface area is 97.6 Å². The van der Waals surface area contributed by atoms with Gasteiger partial charge in [0.05, 0.1) is 5.56 Å². The van der Waals surface area contributed by atoms with E-state index in [1.54, 1.807) is 18.5 Å². The van der Waals surface area contributed by atoms with Gasteiger partial charge in [-0.1, -0.05) is 6.07 Å². The third-order valence-corrected chi connectivity index (χ3v) is 2.53. The molecule has 0 unspecified atom stereocenters. The van der Waals surface area contributed by atoms with Crippen LogP contribution in [0.4, 0.5) is 4.39 Å². The molecule has 0 saturated heterocycles. The van der Waals surface area contributed by atoms with Crippen LogP contribution in [-0.4, -0.2) is 16.1 Å². The number of aromatic carboxylic acids is 1. The lowest BCUT2D eigenvalue weighted by Gasteiger charge is -2.07. The van der Waals surface area contributed by atoms with Crippen molar-refractivity contribution < 1.29 is 14.3 Å². The summed E-state index contributed by atoms with van der Waals surface area (Å²) < 4.78 is 13.8. The van der Waals surface area contributed by atoms with E-state index in [4.69, 9.17) is 5.11 Å². The number of benzene rings is 1. The zero-order valence-electron chi connectivity index (χ0n) is 9.14. The van der Waals surface area contributed by atoms with Gasteiger partial charge >= 0.3 is 5.97 Å². The number of hydrogen-bond acceptors (Lipinski definition) is 2. The smallest absolute Gasteiger partial charge is 0.335 e. The molecule has 3 nitrogen and oxygen atoms in total. The Hall–Kier alpha value is -2.23. The van der Waals surface area contributed by atoms with Crippen molar-refractivity contribution in [1.82, 2.24) is 4.98 Å². The highest BCUT2D eigenvalue weighted by Crippen LogP contribution is 2.25. The maximum atomic E-state index is 13.8. The van der Waals surface area contributed by atoms with Gasteiger partial charge in [0.2, 0.25) is 0 Å². The average molecular weight is 231 g/mol. The molecule has 0 aliphatic carbocycles. The largest absolute Gasteiger partial charge is 0.478 e. The first-order valence-electron chi connectivity index (χ1n) is 5.03. The Kier molecular flexibility index (Phi) is 2.87. The normalized spacial score (nSPS) is 10.2. The lowest BCUT2D eigenvalue weighted by Crippen LogP contribution is -1.98. The summed E-state index contributed by atoms with van der Waals surface area (Å²) >= 11 is 0. The molecule has 4 heteroatoms. The van der Waals surface area contributed by atoms with E-state index in [-0.39, 0.29) is 5.56 Å². The molecule has 2 aromatic rings. The number of aryl methyl sites for hydroxylation is 1. The standard InChI is InChI=1S/C13H10FNO2/c1-8-7-15-5-4-10(8)11-3-2-9(13(16)17)6-12(11)14/h2-7H,1H3,(H,16,17). The SMILES string of the molecule is Cc1cnccc1-c1ccc(C(=O)O)cc1F. The molecular formula is C13H10FNO2. The molecule has 0 fully saturated rings.